The van der Waals surface area contributed by atoms with Crippen molar-refractivity contribution in [3.63, 3.8) is 0 Å². The molecule has 0 aliphatic rings. The summed E-state index contributed by atoms with van der Waals surface area (Å²) in [5.74, 6) is 0.740. The molecule has 0 aliphatic heterocycles. The molecule has 4 rings (SSSR count). The van der Waals surface area contributed by atoms with Crippen LogP contribution in [0.1, 0.15) is 5.56 Å². The molecule has 0 N–H and O–H groups in total. The van der Waals surface area contributed by atoms with Gasteiger partial charge in [0.2, 0.25) is 0 Å². The molecule has 0 atom stereocenters. The summed E-state index contributed by atoms with van der Waals surface area (Å²) in [5.41, 5.74) is 3.87. The lowest BCUT2D eigenvalue weighted by atomic mass is 10.1. The second-order valence-electron chi connectivity index (χ2n) is 5.07. The van der Waals surface area contributed by atoms with Crippen molar-refractivity contribution in [2.24, 2.45) is 0 Å². The highest BCUT2D eigenvalue weighted by atomic mass is 15.3. The third kappa shape index (κ3) is 2.03. The van der Waals surface area contributed by atoms with Gasteiger partial charge < -0.3 is 0 Å². The van der Waals surface area contributed by atoms with Gasteiger partial charge >= 0.3 is 0 Å². The SMILES string of the molecule is Cc1ccc(-c2nn(-c3ccccn3)c3ncncc23)cc1. The van der Waals surface area contributed by atoms with Gasteiger partial charge in [0.05, 0.1) is 5.39 Å². The molecular formula is C17H13N5. The lowest BCUT2D eigenvalue weighted by Crippen LogP contribution is -2.00. The van der Waals surface area contributed by atoms with Crippen LogP contribution in [0.15, 0.2) is 61.2 Å². The lowest BCUT2D eigenvalue weighted by Gasteiger charge is -2.00. The molecule has 0 bridgehead atoms. The summed E-state index contributed by atoms with van der Waals surface area (Å²) in [7, 11) is 0. The Labute approximate surface area is 127 Å². The summed E-state index contributed by atoms with van der Waals surface area (Å²) in [4.78, 5) is 12.9. The number of hydrogen-bond acceptors (Lipinski definition) is 4. The summed E-state index contributed by atoms with van der Waals surface area (Å²) in [6.07, 6.45) is 5.07. The number of hydrogen-bond donors (Lipinski definition) is 0. The van der Waals surface area contributed by atoms with Gasteiger partial charge in [-0.05, 0) is 19.1 Å². The number of rotatable bonds is 2. The highest BCUT2D eigenvalue weighted by Gasteiger charge is 2.15. The molecular weight excluding hydrogens is 274 g/mol. The van der Waals surface area contributed by atoms with Gasteiger partial charge in [-0.2, -0.15) is 9.78 Å². The van der Waals surface area contributed by atoms with Crippen LogP contribution in [-0.4, -0.2) is 24.7 Å². The highest BCUT2D eigenvalue weighted by Crippen LogP contribution is 2.27. The molecule has 4 aromatic rings. The van der Waals surface area contributed by atoms with E-state index >= 15 is 0 Å². The first-order valence-electron chi connectivity index (χ1n) is 7.00. The van der Waals surface area contributed by atoms with Crippen molar-refractivity contribution in [2.45, 2.75) is 6.92 Å². The molecule has 3 heterocycles. The fourth-order valence-electron chi connectivity index (χ4n) is 2.42. The zero-order valence-corrected chi connectivity index (χ0v) is 12.0. The van der Waals surface area contributed by atoms with Crippen LogP contribution < -0.4 is 0 Å². The van der Waals surface area contributed by atoms with Crippen molar-refractivity contribution in [2.75, 3.05) is 0 Å². The zero-order valence-electron chi connectivity index (χ0n) is 12.0. The van der Waals surface area contributed by atoms with Crippen LogP contribution in [0.2, 0.25) is 0 Å². The third-order valence-corrected chi connectivity index (χ3v) is 3.54. The minimum atomic E-state index is 0.740. The quantitative estimate of drug-likeness (QED) is 0.568. The Morgan fingerprint density at radius 2 is 1.82 bits per heavy atom. The molecule has 0 saturated carbocycles. The van der Waals surface area contributed by atoms with E-state index in [0.29, 0.717) is 0 Å². The van der Waals surface area contributed by atoms with Crippen molar-refractivity contribution in [3.8, 4) is 17.1 Å². The Balaban J connectivity index is 1.99. The Hall–Kier alpha value is -3.08. The number of aromatic nitrogens is 5. The van der Waals surface area contributed by atoms with Crippen molar-refractivity contribution in [3.05, 3.63) is 66.7 Å². The number of pyridine rings is 1. The molecule has 0 radical (unpaired) electrons. The fourth-order valence-corrected chi connectivity index (χ4v) is 2.42. The minimum absolute atomic E-state index is 0.740. The average Bonchev–Trinajstić information content (AvgIpc) is 2.96. The Morgan fingerprint density at radius 3 is 2.59 bits per heavy atom. The number of fused-ring (bicyclic) bond motifs is 1. The Morgan fingerprint density at radius 1 is 0.955 bits per heavy atom. The monoisotopic (exact) mass is 287 g/mol. The summed E-state index contributed by atoms with van der Waals surface area (Å²) < 4.78 is 1.76. The average molecular weight is 287 g/mol. The largest absolute Gasteiger partial charge is 0.244 e. The molecule has 0 spiro atoms. The molecule has 3 aromatic heterocycles. The molecule has 1 aromatic carbocycles. The Bertz CT molecular complexity index is 926. The Kier molecular flexibility index (Phi) is 2.89. The maximum Gasteiger partial charge on any atom is 0.168 e. The van der Waals surface area contributed by atoms with Gasteiger partial charge in [0, 0.05) is 18.0 Å². The molecule has 5 nitrogen and oxygen atoms in total. The maximum absolute atomic E-state index is 4.71. The van der Waals surface area contributed by atoms with Crippen LogP contribution >= 0.6 is 0 Å². The van der Waals surface area contributed by atoms with Crippen LogP contribution in [0.3, 0.4) is 0 Å². The van der Waals surface area contributed by atoms with E-state index in [2.05, 4.69) is 46.1 Å². The molecule has 22 heavy (non-hydrogen) atoms. The standard InChI is InChI=1S/C17H13N5/c1-12-5-7-13(8-6-12)16-14-10-18-11-20-17(14)22(21-16)15-4-2-3-9-19-15/h2-11H,1H3. The molecule has 106 valence electrons. The first-order valence-corrected chi connectivity index (χ1v) is 7.00. The number of aryl methyl sites for hydroxylation is 1. The molecule has 0 unspecified atom stereocenters. The summed E-state index contributed by atoms with van der Waals surface area (Å²) >= 11 is 0. The van der Waals surface area contributed by atoms with Gasteiger partial charge in [-0.3, -0.25) is 0 Å². The number of nitrogens with zero attached hydrogens (tertiary/aromatic N) is 5. The molecule has 0 saturated heterocycles. The van der Waals surface area contributed by atoms with Gasteiger partial charge in [-0.25, -0.2) is 15.0 Å². The van der Waals surface area contributed by atoms with Gasteiger partial charge in [-0.1, -0.05) is 35.9 Å². The van der Waals surface area contributed by atoms with Gasteiger partial charge in [0.25, 0.3) is 0 Å². The second kappa shape index (κ2) is 5.04. The number of benzene rings is 1. The summed E-state index contributed by atoms with van der Waals surface area (Å²) in [6.45, 7) is 2.07. The fraction of sp³-hybridized carbons (Fsp3) is 0.0588. The van der Waals surface area contributed by atoms with E-state index < -0.39 is 0 Å². The normalized spacial score (nSPS) is 11.0. The van der Waals surface area contributed by atoms with Crippen LogP contribution in [0.5, 0.6) is 0 Å². The first-order chi connectivity index (χ1) is 10.8. The third-order valence-electron chi connectivity index (χ3n) is 3.54. The van der Waals surface area contributed by atoms with Crippen molar-refractivity contribution >= 4 is 11.0 Å². The van der Waals surface area contributed by atoms with Crippen molar-refractivity contribution in [1.82, 2.24) is 24.7 Å². The summed E-state index contributed by atoms with van der Waals surface area (Å²) in [5, 5.41) is 5.63. The highest BCUT2D eigenvalue weighted by molar-refractivity contribution is 5.91. The van der Waals surface area contributed by atoms with E-state index in [9.17, 15) is 0 Å². The van der Waals surface area contributed by atoms with E-state index in [1.165, 1.54) is 11.9 Å². The lowest BCUT2D eigenvalue weighted by molar-refractivity contribution is 0.865. The van der Waals surface area contributed by atoms with E-state index in [-0.39, 0.29) is 0 Å². The topological polar surface area (TPSA) is 56.5 Å². The maximum atomic E-state index is 4.71. The van der Waals surface area contributed by atoms with Gasteiger partial charge in [0.15, 0.2) is 11.5 Å². The minimum Gasteiger partial charge on any atom is -0.244 e. The van der Waals surface area contributed by atoms with E-state index in [1.54, 1.807) is 17.1 Å². The van der Waals surface area contributed by atoms with Gasteiger partial charge in [-0.15, -0.1) is 0 Å². The van der Waals surface area contributed by atoms with E-state index in [4.69, 9.17) is 5.10 Å². The second-order valence-corrected chi connectivity index (χ2v) is 5.07. The zero-order chi connectivity index (χ0) is 14.9. The molecule has 0 fully saturated rings. The van der Waals surface area contributed by atoms with Crippen LogP contribution in [0, 0.1) is 6.92 Å². The van der Waals surface area contributed by atoms with Crippen LogP contribution in [0.4, 0.5) is 0 Å². The van der Waals surface area contributed by atoms with E-state index in [0.717, 1.165) is 28.1 Å². The van der Waals surface area contributed by atoms with E-state index in [1.807, 2.05) is 18.2 Å². The predicted octanol–water partition coefficient (Wildman–Crippen LogP) is 3.19. The van der Waals surface area contributed by atoms with Gasteiger partial charge in [0.1, 0.15) is 12.0 Å². The first kappa shape index (κ1) is 12.6. The predicted molar refractivity (Wildman–Crippen MR) is 84.6 cm³/mol. The van der Waals surface area contributed by atoms with Crippen LogP contribution in [0.25, 0.3) is 28.1 Å². The van der Waals surface area contributed by atoms with Crippen LogP contribution in [-0.2, 0) is 0 Å². The van der Waals surface area contributed by atoms with Crippen molar-refractivity contribution < 1.29 is 0 Å². The van der Waals surface area contributed by atoms with Crippen molar-refractivity contribution in [1.29, 1.82) is 0 Å². The molecule has 0 aliphatic carbocycles. The molecule has 0 amide bonds. The molecule has 5 heteroatoms. The smallest absolute Gasteiger partial charge is 0.168 e. The summed E-state index contributed by atoms with van der Waals surface area (Å²) in [6, 6.07) is 14.0.